The minimum absolute atomic E-state index is 0.0469. The van der Waals surface area contributed by atoms with Crippen LogP contribution in [0.4, 0.5) is 21.7 Å². The van der Waals surface area contributed by atoms with Crippen LogP contribution in [0, 0.1) is 24.2 Å². The Morgan fingerprint density at radius 1 is 1.14 bits per heavy atom. The summed E-state index contributed by atoms with van der Waals surface area (Å²) in [7, 11) is 1.58. The molecule has 0 radical (unpaired) electrons. The molecule has 0 unspecified atom stereocenters. The molecule has 0 spiro atoms. The van der Waals surface area contributed by atoms with E-state index in [0.717, 1.165) is 5.56 Å². The molecule has 0 aliphatic rings. The third-order valence-corrected chi connectivity index (χ3v) is 6.59. The molecule has 0 aliphatic carbocycles. The Morgan fingerprint density at radius 2 is 1.86 bits per heavy atom. The van der Waals surface area contributed by atoms with Gasteiger partial charge >= 0.3 is 5.69 Å². The monoisotopic (exact) mass is 570 g/mol. The average Bonchev–Trinajstić information content (AvgIpc) is 2.93. The number of aromatic amines is 1. The molecule has 2 N–H and O–H groups in total. The second kappa shape index (κ2) is 12.5. The van der Waals surface area contributed by atoms with E-state index in [2.05, 4.69) is 21.4 Å². The number of hydrogen-bond acceptors (Lipinski definition) is 7. The number of H-pyrrole nitrogens is 1. The number of nitriles is 1. The van der Waals surface area contributed by atoms with Crippen LogP contribution >= 0.6 is 0 Å². The van der Waals surface area contributed by atoms with Crippen LogP contribution in [0.3, 0.4) is 0 Å². The van der Waals surface area contributed by atoms with Gasteiger partial charge in [0.25, 0.3) is 5.56 Å². The number of aromatic nitrogens is 3. The number of ether oxygens (including phenoxy) is 1. The largest absolute Gasteiger partial charge is 0.497 e. The Balaban J connectivity index is 1.81. The first kappa shape index (κ1) is 29.7. The van der Waals surface area contributed by atoms with Crippen molar-refractivity contribution in [2.24, 2.45) is 0 Å². The number of hydrogen-bond donors (Lipinski definition) is 2. The lowest BCUT2D eigenvalue weighted by Crippen LogP contribution is -2.40. The van der Waals surface area contributed by atoms with E-state index in [9.17, 15) is 24.0 Å². The van der Waals surface area contributed by atoms with Gasteiger partial charge in [-0.1, -0.05) is 26.0 Å². The zero-order valence-corrected chi connectivity index (χ0v) is 24.0. The highest BCUT2D eigenvalue weighted by atomic mass is 19.1. The number of pyridine rings is 1. The number of halogens is 1. The van der Waals surface area contributed by atoms with Crippen molar-refractivity contribution in [1.82, 2.24) is 14.5 Å². The van der Waals surface area contributed by atoms with Crippen molar-refractivity contribution >= 4 is 23.2 Å². The third-order valence-electron chi connectivity index (χ3n) is 6.59. The van der Waals surface area contributed by atoms with Crippen LogP contribution in [0.1, 0.15) is 54.5 Å². The SMILES string of the molecule is COc1ccc(CNc2cc(Cn3c(N(C(C)=O)c4cc(C)cc(C#N)c4)c(C(C)C)c(=O)[nH]c3=O)cc(F)n2)cc1. The number of carbonyl (C=O) groups excluding carboxylic acids is 1. The van der Waals surface area contributed by atoms with E-state index < -0.39 is 29.0 Å². The van der Waals surface area contributed by atoms with Gasteiger partial charge in [0.05, 0.1) is 36.5 Å². The number of aryl methyl sites for hydroxylation is 1. The predicted molar refractivity (Wildman–Crippen MR) is 158 cm³/mol. The summed E-state index contributed by atoms with van der Waals surface area (Å²) in [6.07, 6.45) is 0. The van der Waals surface area contributed by atoms with Gasteiger partial charge < -0.3 is 10.1 Å². The van der Waals surface area contributed by atoms with Gasteiger partial charge in [0.1, 0.15) is 17.4 Å². The van der Waals surface area contributed by atoms with Crippen LogP contribution in [0.25, 0.3) is 0 Å². The van der Waals surface area contributed by atoms with Crippen LogP contribution in [-0.4, -0.2) is 27.6 Å². The van der Waals surface area contributed by atoms with E-state index in [1.807, 2.05) is 24.3 Å². The molecular formula is C31H31FN6O4. The van der Waals surface area contributed by atoms with Crippen molar-refractivity contribution in [3.05, 3.63) is 109 Å². The zero-order chi connectivity index (χ0) is 30.6. The van der Waals surface area contributed by atoms with Crippen LogP contribution in [0.5, 0.6) is 5.75 Å². The van der Waals surface area contributed by atoms with Gasteiger partial charge in [0.2, 0.25) is 11.9 Å². The minimum atomic E-state index is -0.774. The number of anilines is 3. The van der Waals surface area contributed by atoms with Gasteiger partial charge in [-0.3, -0.25) is 24.0 Å². The van der Waals surface area contributed by atoms with E-state index in [1.165, 1.54) is 28.5 Å². The number of rotatable bonds is 9. The molecule has 10 nitrogen and oxygen atoms in total. The molecule has 216 valence electrons. The first-order valence-electron chi connectivity index (χ1n) is 13.2. The Bertz CT molecular complexity index is 1790. The molecule has 4 rings (SSSR count). The lowest BCUT2D eigenvalue weighted by molar-refractivity contribution is -0.115. The molecule has 42 heavy (non-hydrogen) atoms. The summed E-state index contributed by atoms with van der Waals surface area (Å²) in [5, 5.41) is 12.6. The summed E-state index contributed by atoms with van der Waals surface area (Å²) in [6, 6.07) is 17.1. The fraction of sp³-hybridized carbons (Fsp3) is 0.258. The molecule has 0 fully saturated rings. The molecule has 4 aromatic rings. The molecule has 0 aliphatic heterocycles. The van der Waals surface area contributed by atoms with Crippen molar-refractivity contribution in [2.75, 3.05) is 17.3 Å². The fourth-order valence-electron chi connectivity index (χ4n) is 4.74. The summed E-state index contributed by atoms with van der Waals surface area (Å²) in [5.74, 6) is -0.646. The third kappa shape index (κ3) is 6.55. The second-order valence-corrected chi connectivity index (χ2v) is 10.1. The van der Waals surface area contributed by atoms with Crippen molar-refractivity contribution in [2.45, 2.75) is 46.7 Å². The molecular weight excluding hydrogens is 539 g/mol. The summed E-state index contributed by atoms with van der Waals surface area (Å²) in [6.45, 7) is 6.80. The van der Waals surface area contributed by atoms with E-state index in [0.29, 0.717) is 34.7 Å². The highest BCUT2D eigenvalue weighted by molar-refractivity contribution is 5.99. The molecule has 11 heteroatoms. The van der Waals surface area contributed by atoms with Crippen molar-refractivity contribution < 1.29 is 13.9 Å². The molecule has 0 bridgehead atoms. The van der Waals surface area contributed by atoms with Crippen LogP contribution < -0.4 is 26.2 Å². The van der Waals surface area contributed by atoms with E-state index >= 15 is 0 Å². The maximum Gasteiger partial charge on any atom is 0.330 e. The molecule has 2 heterocycles. The van der Waals surface area contributed by atoms with Gasteiger partial charge in [-0.25, -0.2) is 9.78 Å². The summed E-state index contributed by atoms with van der Waals surface area (Å²) in [4.78, 5) is 47.0. The first-order valence-corrected chi connectivity index (χ1v) is 13.2. The lowest BCUT2D eigenvalue weighted by atomic mass is 10.0. The number of nitrogens with zero attached hydrogens (tertiary/aromatic N) is 4. The standard InChI is InChI=1S/C31H31FN6O4/c1-18(2)28-29(40)36-31(41)37(30(28)38(20(4)39)24-11-19(3)10-22(12-24)15-33)17-23-13-26(32)35-27(14-23)34-16-21-6-8-25(42-5)9-7-21/h6-14,18H,16-17H2,1-5H3,(H,34,35)(H,36,40,41). The Kier molecular flexibility index (Phi) is 8.86. The fourth-order valence-corrected chi connectivity index (χ4v) is 4.74. The topological polar surface area (TPSA) is 133 Å². The Morgan fingerprint density at radius 3 is 2.48 bits per heavy atom. The molecule has 2 aromatic heterocycles. The number of amides is 1. The molecule has 0 saturated carbocycles. The Hall–Kier alpha value is -5.24. The lowest BCUT2D eigenvalue weighted by Gasteiger charge is -2.28. The van der Waals surface area contributed by atoms with E-state index in [-0.39, 0.29) is 23.7 Å². The smallest absolute Gasteiger partial charge is 0.330 e. The molecule has 0 atom stereocenters. The molecule has 1 amide bonds. The average molecular weight is 571 g/mol. The van der Waals surface area contributed by atoms with Crippen molar-refractivity contribution in [3.8, 4) is 11.8 Å². The number of benzene rings is 2. The quantitative estimate of drug-likeness (QED) is 0.278. The van der Waals surface area contributed by atoms with E-state index in [4.69, 9.17) is 4.74 Å². The van der Waals surface area contributed by atoms with Gasteiger partial charge in [-0.2, -0.15) is 9.65 Å². The summed E-state index contributed by atoms with van der Waals surface area (Å²) >= 11 is 0. The zero-order valence-electron chi connectivity index (χ0n) is 24.0. The number of methoxy groups -OCH3 is 1. The van der Waals surface area contributed by atoms with Crippen molar-refractivity contribution in [3.63, 3.8) is 0 Å². The molecule has 0 saturated heterocycles. The van der Waals surface area contributed by atoms with Gasteiger partial charge in [-0.15, -0.1) is 0 Å². The second-order valence-electron chi connectivity index (χ2n) is 10.1. The minimum Gasteiger partial charge on any atom is -0.497 e. The predicted octanol–water partition coefficient (Wildman–Crippen LogP) is 4.73. The number of nitrogens with one attached hydrogen (secondary N) is 2. The van der Waals surface area contributed by atoms with Crippen molar-refractivity contribution in [1.29, 1.82) is 5.26 Å². The maximum absolute atomic E-state index is 14.7. The van der Waals surface area contributed by atoms with Gasteiger partial charge in [-0.05, 0) is 72.0 Å². The highest BCUT2D eigenvalue weighted by Crippen LogP contribution is 2.32. The summed E-state index contributed by atoms with van der Waals surface area (Å²) in [5.41, 5.74) is 1.41. The van der Waals surface area contributed by atoms with E-state index in [1.54, 1.807) is 46.1 Å². The van der Waals surface area contributed by atoms with Crippen LogP contribution in [0.2, 0.25) is 0 Å². The van der Waals surface area contributed by atoms with Gasteiger partial charge in [0, 0.05) is 13.5 Å². The normalized spacial score (nSPS) is 10.8. The van der Waals surface area contributed by atoms with Crippen LogP contribution in [-0.2, 0) is 17.9 Å². The molecule has 2 aromatic carbocycles. The maximum atomic E-state index is 14.7. The van der Waals surface area contributed by atoms with Crippen LogP contribution in [0.15, 0.2) is 64.2 Å². The first-order chi connectivity index (χ1) is 20.0. The summed E-state index contributed by atoms with van der Waals surface area (Å²) < 4.78 is 21.1. The number of carbonyl (C=O) groups is 1. The van der Waals surface area contributed by atoms with Gasteiger partial charge in [0.15, 0.2) is 0 Å². The Labute approximate surface area is 242 Å². The highest BCUT2D eigenvalue weighted by Gasteiger charge is 2.27.